The van der Waals surface area contributed by atoms with Crippen LogP contribution in [0.4, 0.5) is 0 Å². The molecule has 3 rings (SSSR count). The van der Waals surface area contributed by atoms with Crippen molar-refractivity contribution >= 4 is 10.8 Å². The molecular weight excluding hydrogens is 218 g/mol. The molecule has 1 saturated carbocycles. The summed E-state index contributed by atoms with van der Waals surface area (Å²) in [5, 5.41) is 2.75. The van der Waals surface area contributed by atoms with Gasteiger partial charge in [-0.15, -0.1) is 0 Å². The van der Waals surface area contributed by atoms with E-state index in [2.05, 4.69) is 42.5 Å². The van der Waals surface area contributed by atoms with Crippen LogP contribution in [0.3, 0.4) is 0 Å². The highest BCUT2D eigenvalue weighted by atomic mass is 14.7. The van der Waals surface area contributed by atoms with Gasteiger partial charge in [-0.05, 0) is 54.4 Å². The van der Waals surface area contributed by atoms with Crippen LogP contribution in [0.1, 0.15) is 31.2 Å². The van der Waals surface area contributed by atoms with E-state index in [1.165, 1.54) is 42.0 Å². The lowest BCUT2D eigenvalue weighted by atomic mass is 9.98. The summed E-state index contributed by atoms with van der Waals surface area (Å²) in [6.07, 6.45) is 6.26. The number of rotatable bonds is 5. The Kier molecular flexibility index (Phi) is 3.33. The molecule has 2 aromatic rings. The molecule has 1 aliphatic rings. The molecule has 0 amide bonds. The van der Waals surface area contributed by atoms with Gasteiger partial charge in [-0.2, -0.15) is 0 Å². The first-order valence-corrected chi connectivity index (χ1v) is 7.07. The minimum Gasteiger partial charge on any atom is -0.327 e. The van der Waals surface area contributed by atoms with Crippen molar-refractivity contribution < 1.29 is 0 Å². The van der Waals surface area contributed by atoms with Gasteiger partial charge in [0, 0.05) is 6.04 Å². The lowest BCUT2D eigenvalue weighted by molar-refractivity contribution is 0.529. The predicted molar refractivity (Wildman–Crippen MR) is 77.6 cm³/mol. The fourth-order valence-electron chi connectivity index (χ4n) is 2.80. The van der Waals surface area contributed by atoms with E-state index >= 15 is 0 Å². The topological polar surface area (TPSA) is 26.0 Å². The summed E-state index contributed by atoms with van der Waals surface area (Å²) in [6, 6.07) is 15.7. The highest BCUT2D eigenvalue weighted by Gasteiger charge is 2.27. The third-order valence-electron chi connectivity index (χ3n) is 4.09. The molecule has 0 aliphatic heterocycles. The van der Waals surface area contributed by atoms with E-state index in [1.54, 1.807) is 0 Å². The van der Waals surface area contributed by atoms with Gasteiger partial charge in [0.2, 0.25) is 0 Å². The van der Waals surface area contributed by atoms with Crippen molar-refractivity contribution in [2.24, 2.45) is 11.7 Å². The first-order chi connectivity index (χ1) is 8.84. The number of benzene rings is 2. The third-order valence-corrected chi connectivity index (χ3v) is 4.09. The van der Waals surface area contributed by atoms with Crippen molar-refractivity contribution in [1.29, 1.82) is 0 Å². The smallest absolute Gasteiger partial charge is 0.00672 e. The van der Waals surface area contributed by atoms with E-state index in [9.17, 15) is 0 Å². The molecule has 0 heterocycles. The number of fused-ring (bicyclic) bond motifs is 1. The Labute approximate surface area is 109 Å². The largest absolute Gasteiger partial charge is 0.327 e. The normalized spacial score (nSPS) is 16.9. The van der Waals surface area contributed by atoms with Crippen LogP contribution in [-0.4, -0.2) is 6.04 Å². The van der Waals surface area contributed by atoms with Crippen LogP contribution in [0.2, 0.25) is 0 Å². The summed E-state index contributed by atoms with van der Waals surface area (Å²) in [6.45, 7) is 0. The number of nitrogens with two attached hydrogens (primary N) is 1. The second-order valence-electron chi connectivity index (χ2n) is 5.53. The number of hydrogen-bond acceptors (Lipinski definition) is 1. The van der Waals surface area contributed by atoms with Gasteiger partial charge in [-0.1, -0.05) is 42.5 Å². The summed E-state index contributed by atoms with van der Waals surface area (Å²) in [5.41, 5.74) is 7.62. The minimum absolute atomic E-state index is 0.444. The van der Waals surface area contributed by atoms with Gasteiger partial charge in [0.25, 0.3) is 0 Å². The second kappa shape index (κ2) is 5.11. The van der Waals surface area contributed by atoms with Crippen LogP contribution in [0, 0.1) is 5.92 Å². The fourth-order valence-corrected chi connectivity index (χ4v) is 2.80. The van der Waals surface area contributed by atoms with Gasteiger partial charge in [-0.3, -0.25) is 0 Å². The summed E-state index contributed by atoms with van der Waals surface area (Å²) < 4.78 is 0. The van der Waals surface area contributed by atoms with Crippen molar-refractivity contribution in [2.75, 3.05) is 0 Å². The van der Waals surface area contributed by atoms with Gasteiger partial charge < -0.3 is 5.73 Å². The van der Waals surface area contributed by atoms with Crippen LogP contribution in [0.5, 0.6) is 0 Å². The average molecular weight is 239 g/mol. The molecule has 0 saturated heterocycles. The predicted octanol–water partition coefficient (Wildman–Crippen LogP) is 3.90. The zero-order chi connectivity index (χ0) is 12.4. The lowest BCUT2D eigenvalue weighted by Gasteiger charge is -2.11. The molecule has 1 aliphatic carbocycles. The molecule has 18 heavy (non-hydrogen) atoms. The molecule has 1 nitrogen and oxygen atoms in total. The fraction of sp³-hybridized carbons (Fsp3) is 0.412. The monoisotopic (exact) mass is 239 g/mol. The molecule has 2 N–H and O–H groups in total. The first kappa shape index (κ1) is 11.7. The average Bonchev–Trinajstić information content (AvgIpc) is 3.23. The number of aryl methyl sites for hydroxylation is 1. The molecule has 2 aromatic carbocycles. The van der Waals surface area contributed by atoms with Crippen LogP contribution < -0.4 is 5.73 Å². The molecule has 1 unspecified atom stereocenters. The molecule has 1 atom stereocenters. The third kappa shape index (κ3) is 2.56. The molecular formula is C17H21N. The van der Waals surface area contributed by atoms with E-state index in [-0.39, 0.29) is 0 Å². The zero-order valence-electron chi connectivity index (χ0n) is 10.8. The van der Waals surface area contributed by atoms with Gasteiger partial charge in [-0.25, -0.2) is 0 Å². The highest BCUT2D eigenvalue weighted by Crippen LogP contribution is 2.33. The molecule has 0 radical (unpaired) electrons. The second-order valence-corrected chi connectivity index (χ2v) is 5.53. The maximum absolute atomic E-state index is 6.16. The van der Waals surface area contributed by atoms with Crippen molar-refractivity contribution in [3.05, 3.63) is 48.0 Å². The molecule has 0 aromatic heterocycles. The zero-order valence-corrected chi connectivity index (χ0v) is 10.8. The summed E-state index contributed by atoms with van der Waals surface area (Å²) in [4.78, 5) is 0. The molecule has 1 heteroatoms. The van der Waals surface area contributed by atoms with Crippen LogP contribution in [0.15, 0.2) is 42.5 Å². The van der Waals surface area contributed by atoms with Gasteiger partial charge in [0.1, 0.15) is 0 Å². The molecule has 0 spiro atoms. The minimum atomic E-state index is 0.444. The summed E-state index contributed by atoms with van der Waals surface area (Å²) in [5.74, 6) is 0.831. The SMILES string of the molecule is NC(CCCc1cccc2ccccc12)C1CC1. The Balaban J connectivity index is 1.66. The van der Waals surface area contributed by atoms with Crippen LogP contribution >= 0.6 is 0 Å². The Morgan fingerprint density at radius 1 is 1.06 bits per heavy atom. The maximum atomic E-state index is 6.16. The summed E-state index contributed by atoms with van der Waals surface area (Å²) in [7, 11) is 0. The van der Waals surface area contributed by atoms with Crippen LogP contribution in [-0.2, 0) is 6.42 Å². The van der Waals surface area contributed by atoms with Gasteiger partial charge >= 0.3 is 0 Å². The van der Waals surface area contributed by atoms with Gasteiger partial charge in [0.15, 0.2) is 0 Å². The van der Waals surface area contributed by atoms with Crippen molar-refractivity contribution in [3.8, 4) is 0 Å². The maximum Gasteiger partial charge on any atom is 0.00672 e. The van der Waals surface area contributed by atoms with Crippen LogP contribution in [0.25, 0.3) is 10.8 Å². The summed E-state index contributed by atoms with van der Waals surface area (Å²) >= 11 is 0. The molecule has 1 fully saturated rings. The number of hydrogen-bond donors (Lipinski definition) is 1. The Hall–Kier alpha value is -1.34. The van der Waals surface area contributed by atoms with E-state index in [0.29, 0.717) is 6.04 Å². The lowest BCUT2D eigenvalue weighted by Crippen LogP contribution is -2.22. The highest BCUT2D eigenvalue weighted by molar-refractivity contribution is 5.85. The molecule has 0 bridgehead atoms. The Morgan fingerprint density at radius 2 is 1.83 bits per heavy atom. The quantitative estimate of drug-likeness (QED) is 0.841. The standard InChI is InChI=1S/C17H21N/c18-17(15-11-12-15)10-4-8-14-7-3-6-13-5-1-2-9-16(13)14/h1-3,5-7,9,15,17H,4,8,10-12,18H2. The van der Waals surface area contributed by atoms with E-state index < -0.39 is 0 Å². The van der Waals surface area contributed by atoms with E-state index in [0.717, 1.165) is 12.3 Å². The Bertz CT molecular complexity index is 523. The van der Waals surface area contributed by atoms with Crippen molar-refractivity contribution in [1.82, 2.24) is 0 Å². The van der Waals surface area contributed by atoms with Crippen molar-refractivity contribution in [3.63, 3.8) is 0 Å². The Morgan fingerprint density at radius 3 is 2.67 bits per heavy atom. The first-order valence-electron chi connectivity index (χ1n) is 7.07. The molecule has 94 valence electrons. The van der Waals surface area contributed by atoms with E-state index in [1.807, 2.05) is 0 Å². The van der Waals surface area contributed by atoms with E-state index in [4.69, 9.17) is 5.73 Å². The van der Waals surface area contributed by atoms with Crippen molar-refractivity contribution in [2.45, 2.75) is 38.1 Å². The van der Waals surface area contributed by atoms with Gasteiger partial charge in [0.05, 0.1) is 0 Å².